The van der Waals surface area contributed by atoms with E-state index in [-0.39, 0.29) is 35.6 Å². The first-order valence-corrected chi connectivity index (χ1v) is 14.9. The van der Waals surface area contributed by atoms with E-state index in [1.807, 2.05) is 24.3 Å². The van der Waals surface area contributed by atoms with Crippen molar-refractivity contribution in [2.24, 2.45) is 9.50 Å². The highest BCUT2D eigenvalue weighted by atomic mass is 32.2. The molecule has 1 amide bonds. The summed E-state index contributed by atoms with van der Waals surface area (Å²) in [5, 5.41) is 13.7. The van der Waals surface area contributed by atoms with Crippen molar-refractivity contribution in [2.75, 3.05) is 6.54 Å². The van der Waals surface area contributed by atoms with Gasteiger partial charge in [-0.25, -0.2) is 5.01 Å². The van der Waals surface area contributed by atoms with Crippen LogP contribution in [-0.2, 0) is 14.8 Å². The molecule has 2 aliphatic rings. The third kappa shape index (κ3) is 5.16. The van der Waals surface area contributed by atoms with Crippen LogP contribution in [-0.4, -0.2) is 44.0 Å². The molecule has 198 valence electrons. The number of sulfonamides is 1. The summed E-state index contributed by atoms with van der Waals surface area (Å²) in [4.78, 5) is 13.0. The monoisotopic (exact) mass is 538 g/mol. The van der Waals surface area contributed by atoms with E-state index in [0.29, 0.717) is 5.56 Å². The maximum absolute atomic E-state index is 12.9. The van der Waals surface area contributed by atoms with E-state index >= 15 is 0 Å². The van der Waals surface area contributed by atoms with Crippen molar-refractivity contribution >= 4 is 49.5 Å². The van der Waals surface area contributed by atoms with Crippen molar-refractivity contribution in [3.63, 3.8) is 0 Å². The van der Waals surface area contributed by atoms with Gasteiger partial charge < -0.3 is 5.32 Å². The van der Waals surface area contributed by atoms with E-state index < -0.39 is 10.0 Å². The number of nitrogens with zero attached hydrogens (tertiary/aromatic N) is 3. The number of carbonyl (C=O) groups is 1. The fourth-order valence-electron chi connectivity index (χ4n) is 5.56. The number of amidine groups is 1. The van der Waals surface area contributed by atoms with Crippen LogP contribution < -0.4 is 5.32 Å². The van der Waals surface area contributed by atoms with Crippen LogP contribution >= 0.6 is 0 Å². The number of fused-ring (bicyclic) bond motifs is 3. The van der Waals surface area contributed by atoms with Gasteiger partial charge in [0.15, 0.2) is 5.84 Å². The number of amides is 1. The lowest BCUT2D eigenvalue weighted by Gasteiger charge is -2.24. The fraction of sp³-hybridized carbons (Fsp3) is 0.258. The summed E-state index contributed by atoms with van der Waals surface area (Å²) in [5.41, 5.74) is 1.42. The summed E-state index contributed by atoms with van der Waals surface area (Å²) >= 11 is 0. The van der Waals surface area contributed by atoms with E-state index in [0.717, 1.165) is 52.8 Å². The fourth-order valence-corrected chi connectivity index (χ4v) is 6.77. The van der Waals surface area contributed by atoms with Gasteiger partial charge in [-0.05, 0) is 52.6 Å². The van der Waals surface area contributed by atoms with Crippen molar-refractivity contribution in [2.45, 2.75) is 49.5 Å². The minimum absolute atomic E-state index is 0.0625. The minimum atomic E-state index is -3.84. The van der Waals surface area contributed by atoms with Crippen molar-refractivity contribution in [1.29, 1.82) is 0 Å². The lowest BCUT2D eigenvalue weighted by Crippen LogP contribution is -2.38. The van der Waals surface area contributed by atoms with Gasteiger partial charge in [-0.15, -0.1) is 4.40 Å². The zero-order valence-electron chi connectivity index (χ0n) is 21.6. The minimum Gasteiger partial charge on any atom is -0.353 e. The Morgan fingerprint density at radius 2 is 1.56 bits per heavy atom. The summed E-state index contributed by atoms with van der Waals surface area (Å²) in [5.74, 6) is 0.171. The van der Waals surface area contributed by atoms with E-state index in [4.69, 9.17) is 5.10 Å². The van der Waals surface area contributed by atoms with E-state index in [1.165, 1.54) is 6.42 Å². The van der Waals surface area contributed by atoms with Gasteiger partial charge in [0.2, 0.25) is 5.91 Å². The van der Waals surface area contributed by atoms with Crippen LogP contribution in [0, 0.1) is 0 Å². The van der Waals surface area contributed by atoms with Gasteiger partial charge in [0.1, 0.15) is 4.90 Å². The number of rotatable bonds is 6. The number of benzene rings is 4. The molecule has 0 spiro atoms. The third-order valence-electron chi connectivity index (χ3n) is 7.52. The SMILES string of the molecule is O=C(CCN(/N=C/c1c2ccccc2cc2ccccc12)C1=NS(=O)(=O)c2ccccc21)NC1CCCCC1. The van der Waals surface area contributed by atoms with Crippen molar-refractivity contribution in [3.8, 4) is 0 Å². The molecule has 8 heteroatoms. The molecule has 1 saturated carbocycles. The van der Waals surface area contributed by atoms with E-state index in [9.17, 15) is 13.2 Å². The maximum Gasteiger partial charge on any atom is 0.285 e. The Hall–Kier alpha value is -4.04. The average Bonchev–Trinajstić information content (AvgIpc) is 3.23. The molecule has 0 bridgehead atoms. The smallest absolute Gasteiger partial charge is 0.285 e. The Labute approximate surface area is 228 Å². The second kappa shape index (κ2) is 10.6. The Morgan fingerprint density at radius 1 is 0.923 bits per heavy atom. The molecule has 4 aromatic rings. The van der Waals surface area contributed by atoms with Crippen LogP contribution in [0.15, 0.2) is 93.3 Å². The van der Waals surface area contributed by atoms with Gasteiger partial charge in [-0.1, -0.05) is 79.9 Å². The number of hydrogen-bond acceptors (Lipinski definition) is 5. The molecule has 1 fully saturated rings. The molecule has 1 N–H and O–H groups in total. The highest BCUT2D eigenvalue weighted by molar-refractivity contribution is 7.90. The molecular formula is C31H30N4O3S. The highest BCUT2D eigenvalue weighted by Crippen LogP contribution is 2.30. The van der Waals surface area contributed by atoms with Crippen LogP contribution in [0.25, 0.3) is 21.5 Å². The molecule has 1 aliphatic heterocycles. The van der Waals surface area contributed by atoms with Crippen molar-refractivity contribution in [3.05, 3.63) is 90.0 Å². The summed E-state index contributed by atoms with van der Waals surface area (Å²) in [7, 11) is -3.84. The molecule has 0 atom stereocenters. The summed E-state index contributed by atoms with van der Waals surface area (Å²) in [6.07, 6.45) is 7.41. The largest absolute Gasteiger partial charge is 0.353 e. The number of hydrazone groups is 1. The molecule has 1 heterocycles. The molecule has 6 rings (SSSR count). The lowest BCUT2D eigenvalue weighted by atomic mass is 9.95. The van der Waals surface area contributed by atoms with E-state index in [2.05, 4.69) is 40.0 Å². The summed E-state index contributed by atoms with van der Waals surface area (Å²) < 4.78 is 29.8. The van der Waals surface area contributed by atoms with Crippen LogP contribution in [0.3, 0.4) is 0 Å². The van der Waals surface area contributed by atoms with Crippen molar-refractivity contribution in [1.82, 2.24) is 10.3 Å². The first-order chi connectivity index (χ1) is 19.0. The molecule has 0 radical (unpaired) electrons. The van der Waals surface area contributed by atoms with Crippen LogP contribution in [0.5, 0.6) is 0 Å². The molecule has 1 aliphatic carbocycles. The summed E-state index contributed by atoms with van der Waals surface area (Å²) in [6, 6.07) is 25.3. The van der Waals surface area contributed by atoms with Crippen LogP contribution in [0.4, 0.5) is 0 Å². The molecule has 0 saturated heterocycles. The molecule has 0 aromatic heterocycles. The Morgan fingerprint density at radius 3 is 2.28 bits per heavy atom. The first kappa shape index (κ1) is 25.2. The first-order valence-electron chi connectivity index (χ1n) is 13.5. The Balaban J connectivity index is 1.37. The van der Waals surface area contributed by atoms with Crippen LogP contribution in [0.2, 0.25) is 0 Å². The van der Waals surface area contributed by atoms with Gasteiger partial charge in [0.05, 0.1) is 12.8 Å². The highest BCUT2D eigenvalue weighted by Gasteiger charge is 2.32. The van der Waals surface area contributed by atoms with Gasteiger partial charge in [-0.3, -0.25) is 4.79 Å². The van der Waals surface area contributed by atoms with Crippen molar-refractivity contribution < 1.29 is 13.2 Å². The van der Waals surface area contributed by atoms with Gasteiger partial charge in [-0.2, -0.15) is 13.5 Å². The topological polar surface area (TPSA) is 91.2 Å². The lowest BCUT2D eigenvalue weighted by molar-refractivity contribution is -0.122. The predicted octanol–water partition coefficient (Wildman–Crippen LogP) is 5.62. The second-order valence-electron chi connectivity index (χ2n) is 10.1. The number of nitrogens with one attached hydrogen (secondary N) is 1. The number of carbonyl (C=O) groups excluding carboxylic acids is 1. The van der Waals surface area contributed by atoms with Crippen LogP contribution in [0.1, 0.15) is 49.7 Å². The molecule has 39 heavy (non-hydrogen) atoms. The zero-order valence-corrected chi connectivity index (χ0v) is 22.4. The molecular weight excluding hydrogens is 508 g/mol. The molecule has 0 unspecified atom stereocenters. The number of hydrogen-bond donors (Lipinski definition) is 1. The maximum atomic E-state index is 12.9. The Kier molecular flexibility index (Phi) is 6.87. The zero-order chi connectivity index (χ0) is 26.8. The average molecular weight is 539 g/mol. The third-order valence-corrected chi connectivity index (χ3v) is 8.84. The predicted molar refractivity (Wildman–Crippen MR) is 156 cm³/mol. The second-order valence-corrected chi connectivity index (χ2v) is 11.7. The normalized spacial score (nSPS) is 16.9. The quantitative estimate of drug-likeness (QED) is 0.196. The Bertz CT molecular complexity index is 1670. The van der Waals surface area contributed by atoms with Gasteiger partial charge in [0, 0.05) is 23.6 Å². The summed E-state index contributed by atoms with van der Waals surface area (Å²) in [6.45, 7) is 0.195. The standard InChI is InChI=1S/C31H30N4O3S/c36-30(33-24-12-2-1-3-13-24)18-19-35(31-27-16-8-9-17-29(27)39(37,38)34-31)32-21-28-25-14-6-4-10-22(25)20-23-11-5-7-15-26(23)28/h4-11,14-17,20-21,24H,1-3,12-13,18-19H2,(H,33,36)/b32-21+. The van der Waals surface area contributed by atoms with Gasteiger partial charge >= 0.3 is 0 Å². The molecule has 4 aromatic carbocycles. The van der Waals surface area contributed by atoms with Gasteiger partial charge in [0.25, 0.3) is 10.0 Å². The molecule has 7 nitrogen and oxygen atoms in total. The van der Waals surface area contributed by atoms with E-state index in [1.54, 1.807) is 35.5 Å².